The van der Waals surface area contributed by atoms with Gasteiger partial charge in [-0.1, -0.05) is 13.0 Å². The van der Waals surface area contributed by atoms with Crippen LogP contribution in [0, 0.1) is 10.1 Å². The number of hydrazine groups is 1. The van der Waals surface area contributed by atoms with E-state index in [2.05, 4.69) is 31.3 Å². The normalized spacial score (nSPS) is 10.2. The van der Waals surface area contributed by atoms with Gasteiger partial charge in [-0.2, -0.15) is 4.98 Å². The van der Waals surface area contributed by atoms with Crippen LogP contribution in [0.15, 0.2) is 28.7 Å². The molecule has 0 saturated carbocycles. The van der Waals surface area contributed by atoms with Gasteiger partial charge in [-0.15, -0.1) is 0 Å². The summed E-state index contributed by atoms with van der Waals surface area (Å²) >= 11 is 3.23. The summed E-state index contributed by atoms with van der Waals surface area (Å²) in [6.07, 6.45) is 0.573. The summed E-state index contributed by atoms with van der Waals surface area (Å²) in [7, 11) is 0. The van der Waals surface area contributed by atoms with Crippen LogP contribution in [0.3, 0.4) is 0 Å². The minimum atomic E-state index is -0.524. The van der Waals surface area contributed by atoms with E-state index in [9.17, 15) is 10.1 Å². The molecule has 0 spiro atoms. The van der Waals surface area contributed by atoms with Crippen molar-refractivity contribution in [2.75, 3.05) is 5.43 Å². The number of halogens is 1. The van der Waals surface area contributed by atoms with Crippen LogP contribution >= 0.6 is 15.9 Å². The van der Waals surface area contributed by atoms with Gasteiger partial charge >= 0.3 is 5.69 Å². The molecule has 3 N–H and O–H groups in total. The minimum absolute atomic E-state index is 0.0752. The second-order valence-electron chi connectivity index (χ2n) is 3.95. The first kappa shape index (κ1) is 15.1. The third kappa shape index (κ3) is 3.44. The average molecular weight is 354 g/mol. The lowest BCUT2D eigenvalue weighted by Gasteiger charge is -2.09. The molecule has 9 heteroatoms. The Morgan fingerprint density at radius 1 is 1.48 bits per heavy atom. The van der Waals surface area contributed by atoms with Crippen molar-refractivity contribution in [1.82, 2.24) is 9.97 Å². The summed E-state index contributed by atoms with van der Waals surface area (Å²) in [5.74, 6) is 6.45. The van der Waals surface area contributed by atoms with E-state index in [1.165, 1.54) is 12.1 Å². The van der Waals surface area contributed by atoms with Crippen molar-refractivity contribution in [2.45, 2.75) is 13.3 Å². The Labute approximate surface area is 128 Å². The molecule has 0 saturated heterocycles. The molecule has 8 nitrogen and oxygen atoms in total. The Balaban J connectivity index is 2.45. The number of para-hydroxylation sites is 1. The fourth-order valence-electron chi connectivity index (χ4n) is 1.60. The molecule has 0 aliphatic heterocycles. The first-order valence-corrected chi connectivity index (χ1v) is 6.79. The highest BCUT2D eigenvalue weighted by Crippen LogP contribution is 2.37. The van der Waals surface area contributed by atoms with E-state index >= 15 is 0 Å². The molecule has 1 aromatic heterocycles. The van der Waals surface area contributed by atoms with Crippen LogP contribution in [0.5, 0.6) is 11.6 Å². The molecule has 21 heavy (non-hydrogen) atoms. The Bertz CT molecular complexity index is 658. The third-order valence-corrected chi connectivity index (χ3v) is 3.19. The van der Waals surface area contributed by atoms with Crippen LogP contribution in [0.4, 0.5) is 11.5 Å². The van der Waals surface area contributed by atoms with Gasteiger partial charge in [0.15, 0.2) is 0 Å². The zero-order chi connectivity index (χ0) is 15.4. The summed E-state index contributed by atoms with van der Waals surface area (Å²) in [6, 6.07) is 6.01. The number of nitrogens with two attached hydrogens (primary N) is 1. The van der Waals surface area contributed by atoms with E-state index in [0.717, 1.165) is 0 Å². The maximum Gasteiger partial charge on any atom is 0.312 e. The first-order valence-electron chi connectivity index (χ1n) is 6.00. The van der Waals surface area contributed by atoms with Gasteiger partial charge in [0.05, 0.1) is 9.40 Å². The molecular formula is C12H12BrN5O3. The number of nitro benzene ring substituents is 1. The molecule has 0 radical (unpaired) electrons. The fourth-order valence-corrected chi connectivity index (χ4v) is 2.04. The molecule has 0 unspecified atom stereocenters. The van der Waals surface area contributed by atoms with Crippen LogP contribution in [0.1, 0.15) is 12.7 Å². The maximum absolute atomic E-state index is 11.1. The smallest absolute Gasteiger partial charge is 0.312 e. The van der Waals surface area contributed by atoms with Gasteiger partial charge < -0.3 is 10.2 Å². The quantitative estimate of drug-likeness (QED) is 0.482. The largest absolute Gasteiger partial charge is 0.430 e. The number of benzene rings is 1. The minimum Gasteiger partial charge on any atom is -0.430 e. The molecule has 1 heterocycles. The second kappa shape index (κ2) is 6.46. The third-order valence-electron chi connectivity index (χ3n) is 2.56. The van der Waals surface area contributed by atoms with Crippen LogP contribution in [-0.4, -0.2) is 14.9 Å². The van der Waals surface area contributed by atoms with Crippen molar-refractivity contribution in [3.63, 3.8) is 0 Å². The zero-order valence-electron chi connectivity index (χ0n) is 11.0. The summed E-state index contributed by atoms with van der Waals surface area (Å²) < 4.78 is 6.01. The second-order valence-corrected chi connectivity index (χ2v) is 4.81. The van der Waals surface area contributed by atoms with Crippen molar-refractivity contribution < 1.29 is 9.66 Å². The Kier molecular flexibility index (Phi) is 4.66. The fraction of sp³-hybridized carbons (Fsp3) is 0.167. The molecule has 2 aromatic rings. The Morgan fingerprint density at radius 2 is 2.24 bits per heavy atom. The monoisotopic (exact) mass is 353 g/mol. The van der Waals surface area contributed by atoms with Gasteiger partial charge in [-0.3, -0.25) is 10.1 Å². The van der Waals surface area contributed by atoms with Crippen molar-refractivity contribution in [3.05, 3.63) is 44.7 Å². The number of anilines is 1. The molecule has 0 amide bonds. The summed E-state index contributed by atoms with van der Waals surface area (Å²) in [5, 5.41) is 11.1. The number of ether oxygens (including phenoxy) is 1. The molecule has 2 rings (SSSR count). The van der Waals surface area contributed by atoms with E-state index in [-0.39, 0.29) is 17.3 Å². The predicted octanol–water partition coefficient (Wildman–Crippen LogP) is 2.79. The van der Waals surface area contributed by atoms with Crippen LogP contribution in [0.25, 0.3) is 0 Å². The van der Waals surface area contributed by atoms with E-state index in [1.807, 2.05) is 6.92 Å². The lowest BCUT2D eigenvalue weighted by atomic mass is 10.3. The van der Waals surface area contributed by atoms with Gasteiger partial charge in [0.2, 0.25) is 11.6 Å². The maximum atomic E-state index is 11.1. The highest BCUT2D eigenvalue weighted by atomic mass is 79.9. The number of nitrogens with one attached hydrogen (secondary N) is 1. The predicted molar refractivity (Wildman–Crippen MR) is 80.1 cm³/mol. The molecule has 0 fully saturated rings. The van der Waals surface area contributed by atoms with E-state index in [0.29, 0.717) is 22.5 Å². The molecule has 0 atom stereocenters. The number of aryl methyl sites for hydroxylation is 1. The number of aromatic nitrogens is 2. The van der Waals surface area contributed by atoms with Gasteiger partial charge in [0.1, 0.15) is 11.6 Å². The van der Waals surface area contributed by atoms with Gasteiger partial charge in [-0.25, -0.2) is 10.8 Å². The molecule has 0 aliphatic carbocycles. The number of nitrogen functional groups attached to an aromatic ring is 1. The number of nitrogens with zero attached hydrogens (tertiary/aromatic N) is 3. The lowest BCUT2D eigenvalue weighted by molar-refractivity contribution is -0.385. The van der Waals surface area contributed by atoms with Crippen molar-refractivity contribution in [3.8, 4) is 11.6 Å². The van der Waals surface area contributed by atoms with E-state index in [4.69, 9.17) is 10.6 Å². The number of hydrogen-bond donors (Lipinski definition) is 2. The summed E-state index contributed by atoms with van der Waals surface area (Å²) in [5.41, 5.74) is 2.24. The Hall–Kier alpha value is -2.26. The molecular weight excluding hydrogens is 342 g/mol. The molecule has 0 bridgehead atoms. The topological polar surface area (TPSA) is 116 Å². The van der Waals surface area contributed by atoms with Crippen LogP contribution in [0.2, 0.25) is 0 Å². The first-order chi connectivity index (χ1) is 10.0. The summed E-state index contributed by atoms with van der Waals surface area (Å²) in [4.78, 5) is 18.8. The van der Waals surface area contributed by atoms with E-state index < -0.39 is 4.92 Å². The number of rotatable bonds is 5. The van der Waals surface area contributed by atoms with Crippen molar-refractivity contribution in [1.29, 1.82) is 0 Å². The zero-order valence-corrected chi connectivity index (χ0v) is 12.6. The van der Waals surface area contributed by atoms with Gasteiger partial charge in [0.25, 0.3) is 0 Å². The standard InChI is InChI=1S/C12H12BrN5O3/c1-2-9-15-10(17-14)6-11(16-9)21-12-7(13)4-3-5-8(12)18(19)20/h3-6H,2,14H2,1H3,(H,15,16,17). The van der Waals surface area contributed by atoms with Crippen molar-refractivity contribution in [2.24, 2.45) is 5.84 Å². The van der Waals surface area contributed by atoms with Crippen molar-refractivity contribution >= 4 is 27.4 Å². The highest BCUT2D eigenvalue weighted by molar-refractivity contribution is 9.10. The van der Waals surface area contributed by atoms with Gasteiger partial charge in [0, 0.05) is 18.6 Å². The number of hydrogen-bond acceptors (Lipinski definition) is 7. The molecule has 110 valence electrons. The Morgan fingerprint density at radius 3 is 2.86 bits per heavy atom. The van der Waals surface area contributed by atoms with Gasteiger partial charge in [-0.05, 0) is 22.0 Å². The van der Waals surface area contributed by atoms with E-state index in [1.54, 1.807) is 12.1 Å². The van der Waals surface area contributed by atoms with Crippen LogP contribution in [-0.2, 0) is 6.42 Å². The lowest BCUT2D eigenvalue weighted by Crippen LogP contribution is -2.10. The number of nitro groups is 1. The summed E-state index contributed by atoms with van der Waals surface area (Å²) in [6.45, 7) is 1.88. The molecule has 0 aliphatic rings. The molecule has 1 aromatic carbocycles. The average Bonchev–Trinajstić information content (AvgIpc) is 2.48. The highest BCUT2D eigenvalue weighted by Gasteiger charge is 2.19. The SMILES string of the molecule is CCc1nc(NN)cc(Oc2c(Br)cccc2[N+](=O)[O-])n1. The van der Waals surface area contributed by atoms with Crippen LogP contribution < -0.4 is 16.0 Å².